The summed E-state index contributed by atoms with van der Waals surface area (Å²) in [5, 5.41) is 2.48. The van der Waals surface area contributed by atoms with Gasteiger partial charge < -0.3 is 4.74 Å². The highest BCUT2D eigenvalue weighted by molar-refractivity contribution is 5.83. The molecule has 24 heavy (non-hydrogen) atoms. The van der Waals surface area contributed by atoms with Gasteiger partial charge in [0.1, 0.15) is 11.9 Å². The van der Waals surface area contributed by atoms with Crippen molar-refractivity contribution in [3.63, 3.8) is 0 Å². The van der Waals surface area contributed by atoms with E-state index < -0.39 is 0 Å². The molecule has 0 aromatic heterocycles. The van der Waals surface area contributed by atoms with E-state index in [9.17, 15) is 0 Å². The van der Waals surface area contributed by atoms with E-state index in [1.807, 2.05) is 0 Å². The zero-order chi connectivity index (χ0) is 16.2. The summed E-state index contributed by atoms with van der Waals surface area (Å²) in [5.41, 5.74) is 1.25. The molecule has 1 aliphatic rings. The summed E-state index contributed by atoms with van der Waals surface area (Å²) in [5.74, 6) is 0.946. The van der Waals surface area contributed by atoms with Gasteiger partial charge in [-0.15, -0.1) is 0 Å². The first-order valence-electron chi connectivity index (χ1n) is 8.81. The Morgan fingerprint density at radius 2 is 1.50 bits per heavy atom. The van der Waals surface area contributed by atoms with Gasteiger partial charge in [-0.3, -0.25) is 4.90 Å². The third-order valence-electron chi connectivity index (χ3n) is 4.79. The number of ether oxygens (including phenoxy) is 1. The molecule has 0 radical (unpaired) electrons. The average Bonchev–Trinajstić information content (AvgIpc) is 3.15. The topological polar surface area (TPSA) is 12.5 Å². The van der Waals surface area contributed by atoms with Crippen molar-refractivity contribution in [3.8, 4) is 5.75 Å². The molecule has 122 valence electrons. The van der Waals surface area contributed by atoms with Crippen LogP contribution in [-0.4, -0.2) is 24.5 Å². The molecule has 1 aliphatic heterocycles. The second-order valence-corrected chi connectivity index (χ2v) is 6.53. The Kier molecular flexibility index (Phi) is 4.48. The molecule has 0 aliphatic carbocycles. The second-order valence-electron chi connectivity index (χ2n) is 6.53. The van der Waals surface area contributed by atoms with Crippen LogP contribution in [0.25, 0.3) is 10.8 Å². The van der Waals surface area contributed by atoms with Gasteiger partial charge in [0.15, 0.2) is 0 Å². The fourth-order valence-electron chi connectivity index (χ4n) is 3.48. The van der Waals surface area contributed by atoms with E-state index in [0.29, 0.717) is 0 Å². The Morgan fingerprint density at radius 1 is 0.792 bits per heavy atom. The van der Waals surface area contributed by atoms with Crippen molar-refractivity contribution in [1.29, 1.82) is 0 Å². The van der Waals surface area contributed by atoms with Crippen molar-refractivity contribution in [3.05, 3.63) is 78.4 Å². The fraction of sp³-hybridized carbons (Fsp3) is 0.273. The maximum absolute atomic E-state index is 6.43. The minimum absolute atomic E-state index is 0.0745. The molecule has 4 rings (SSSR count). The molecule has 2 heteroatoms. The molecule has 1 atom stereocenters. The van der Waals surface area contributed by atoms with Gasteiger partial charge in [-0.2, -0.15) is 0 Å². The monoisotopic (exact) mass is 317 g/mol. The first-order valence-corrected chi connectivity index (χ1v) is 8.81. The molecular formula is C22H23NO. The Morgan fingerprint density at radius 3 is 2.29 bits per heavy atom. The number of hydrogen-bond donors (Lipinski definition) is 0. The zero-order valence-electron chi connectivity index (χ0n) is 13.9. The maximum atomic E-state index is 6.43. The van der Waals surface area contributed by atoms with E-state index in [-0.39, 0.29) is 6.10 Å². The average molecular weight is 317 g/mol. The molecule has 3 aromatic carbocycles. The van der Waals surface area contributed by atoms with Crippen LogP contribution in [0, 0.1) is 0 Å². The summed E-state index contributed by atoms with van der Waals surface area (Å²) < 4.78 is 6.43. The second kappa shape index (κ2) is 7.06. The third-order valence-corrected chi connectivity index (χ3v) is 4.79. The molecule has 2 nitrogen and oxygen atoms in total. The van der Waals surface area contributed by atoms with Crippen LogP contribution in [0.3, 0.4) is 0 Å². The van der Waals surface area contributed by atoms with Crippen LogP contribution < -0.4 is 4.74 Å². The van der Waals surface area contributed by atoms with Crippen molar-refractivity contribution in [2.45, 2.75) is 18.9 Å². The van der Waals surface area contributed by atoms with Crippen molar-refractivity contribution >= 4 is 10.8 Å². The SMILES string of the molecule is c1ccc([C@H](CN2CCCC2)Oc2ccc3ccccc3c2)cc1. The van der Waals surface area contributed by atoms with E-state index in [2.05, 4.69) is 77.7 Å². The Balaban J connectivity index is 1.59. The van der Waals surface area contributed by atoms with Crippen LogP contribution >= 0.6 is 0 Å². The van der Waals surface area contributed by atoms with Crippen LogP contribution in [0.15, 0.2) is 72.8 Å². The van der Waals surface area contributed by atoms with E-state index in [1.54, 1.807) is 0 Å². The normalized spacial score (nSPS) is 16.3. The lowest BCUT2D eigenvalue weighted by molar-refractivity contribution is 0.148. The van der Waals surface area contributed by atoms with E-state index in [0.717, 1.165) is 12.3 Å². The molecule has 0 unspecified atom stereocenters. The van der Waals surface area contributed by atoms with Crippen LogP contribution in [-0.2, 0) is 0 Å². The quantitative estimate of drug-likeness (QED) is 0.652. The molecule has 1 heterocycles. The first kappa shape index (κ1) is 15.2. The lowest BCUT2D eigenvalue weighted by atomic mass is 10.1. The van der Waals surface area contributed by atoms with Gasteiger partial charge in [-0.1, -0.05) is 60.7 Å². The molecule has 0 spiro atoms. The van der Waals surface area contributed by atoms with Crippen molar-refractivity contribution in [2.24, 2.45) is 0 Å². The Hall–Kier alpha value is -2.32. The van der Waals surface area contributed by atoms with E-state index in [1.165, 1.54) is 42.3 Å². The predicted molar refractivity (Wildman–Crippen MR) is 99.4 cm³/mol. The Bertz CT molecular complexity index is 793. The standard InChI is InChI=1S/C22H23NO/c1-2-9-19(10-3-1)22(17-23-14-6-7-15-23)24-21-13-12-18-8-4-5-11-20(18)16-21/h1-5,8-13,16,22H,6-7,14-15,17H2/t22-/m0/s1. The largest absolute Gasteiger partial charge is 0.484 e. The number of hydrogen-bond acceptors (Lipinski definition) is 2. The van der Waals surface area contributed by atoms with E-state index >= 15 is 0 Å². The summed E-state index contributed by atoms with van der Waals surface area (Å²) in [6, 6.07) is 25.4. The highest BCUT2D eigenvalue weighted by atomic mass is 16.5. The number of fused-ring (bicyclic) bond motifs is 1. The summed E-state index contributed by atoms with van der Waals surface area (Å²) in [7, 11) is 0. The summed E-state index contributed by atoms with van der Waals surface area (Å²) in [6.45, 7) is 3.33. The van der Waals surface area contributed by atoms with Crippen molar-refractivity contribution in [2.75, 3.05) is 19.6 Å². The smallest absolute Gasteiger partial charge is 0.136 e. The Labute approximate surface area is 143 Å². The zero-order valence-corrected chi connectivity index (χ0v) is 13.9. The highest BCUT2D eigenvalue weighted by Gasteiger charge is 2.20. The van der Waals surface area contributed by atoms with Crippen LogP contribution in [0.1, 0.15) is 24.5 Å². The van der Waals surface area contributed by atoms with Crippen LogP contribution in [0.4, 0.5) is 0 Å². The number of likely N-dealkylation sites (tertiary alicyclic amines) is 1. The number of nitrogens with zero attached hydrogens (tertiary/aromatic N) is 1. The third kappa shape index (κ3) is 3.44. The van der Waals surface area contributed by atoms with Crippen molar-refractivity contribution < 1.29 is 4.74 Å². The minimum atomic E-state index is 0.0745. The molecule has 0 saturated carbocycles. The molecule has 3 aromatic rings. The summed E-state index contributed by atoms with van der Waals surface area (Å²) >= 11 is 0. The van der Waals surface area contributed by atoms with Gasteiger partial charge in [0.25, 0.3) is 0 Å². The lowest BCUT2D eigenvalue weighted by Gasteiger charge is -2.25. The van der Waals surface area contributed by atoms with Gasteiger partial charge in [-0.25, -0.2) is 0 Å². The molecule has 1 saturated heterocycles. The maximum Gasteiger partial charge on any atom is 0.136 e. The summed E-state index contributed by atoms with van der Waals surface area (Å²) in [6.07, 6.45) is 2.68. The van der Waals surface area contributed by atoms with Gasteiger partial charge in [-0.05, 0) is 54.4 Å². The predicted octanol–water partition coefficient (Wildman–Crippen LogP) is 5.06. The van der Waals surface area contributed by atoms with Gasteiger partial charge >= 0.3 is 0 Å². The number of benzene rings is 3. The minimum Gasteiger partial charge on any atom is -0.484 e. The molecular weight excluding hydrogens is 294 g/mol. The highest BCUT2D eigenvalue weighted by Crippen LogP contribution is 2.27. The van der Waals surface area contributed by atoms with Crippen molar-refractivity contribution in [1.82, 2.24) is 4.90 Å². The van der Waals surface area contributed by atoms with Gasteiger partial charge in [0.05, 0.1) is 0 Å². The first-order chi connectivity index (χ1) is 11.9. The number of rotatable bonds is 5. The van der Waals surface area contributed by atoms with Crippen LogP contribution in [0.5, 0.6) is 5.75 Å². The van der Waals surface area contributed by atoms with Crippen LogP contribution in [0.2, 0.25) is 0 Å². The summed E-state index contributed by atoms with van der Waals surface area (Å²) in [4.78, 5) is 2.51. The van der Waals surface area contributed by atoms with Gasteiger partial charge in [0.2, 0.25) is 0 Å². The molecule has 0 N–H and O–H groups in total. The lowest BCUT2D eigenvalue weighted by Crippen LogP contribution is -2.28. The molecule has 0 bridgehead atoms. The fourth-order valence-corrected chi connectivity index (χ4v) is 3.48. The van der Waals surface area contributed by atoms with E-state index in [4.69, 9.17) is 4.74 Å². The van der Waals surface area contributed by atoms with Gasteiger partial charge in [0, 0.05) is 6.54 Å². The molecule has 1 fully saturated rings. The molecule has 0 amide bonds.